The summed E-state index contributed by atoms with van der Waals surface area (Å²) >= 11 is 0. The first-order valence-corrected chi connectivity index (χ1v) is 3.47. The lowest BCUT2D eigenvalue weighted by Crippen LogP contribution is -2.06. The van der Waals surface area contributed by atoms with Gasteiger partial charge in [0.05, 0.1) is 0 Å². The van der Waals surface area contributed by atoms with Crippen LogP contribution in [0.1, 0.15) is 22.8 Å². The van der Waals surface area contributed by atoms with E-state index >= 15 is 0 Å². The number of carbonyl (C=O) groups excluding carboxylic acids is 1. The summed E-state index contributed by atoms with van der Waals surface area (Å²) in [7, 11) is 0. The Balaban J connectivity index is 3.00. The molecule has 1 aromatic rings. The van der Waals surface area contributed by atoms with Crippen LogP contribution in [0, 0.1) is 0 Å². The molecule has 0 spiro atoms. The van der Waals surface area contributed by atoms with E-state index in [4.69, 9.17) is 0 Å². The van der Waals surface area contributed by atoms with Gasteiger partial charge in [0.1, 0.15) is 6.29 Å². The Kier molecular flexibility index (Phi) is 2.22. The van der Waals surface area contributed by atoms with Crippen LogP contribution in [0.2, 0.25) is 0 Å². The van der Waals surface area contributed by atoms with Crippen molar-refractivity contribution in [3.63, 3.8) is 0 Å². The van der Waals surface area contributed by atoms with Crippen LogP contribution in [0.4, 0.5) is 8.78 Å². The van der Waals surface area contributed by atoms with Gasteiger partial charge in [-0.15, -0.1) is 0 Å². The highest BCUT2D eigenvalue weighted by Gasteiger charge is 2.23. The molecule has 0 unspecified atom stereocenters. The van der Waals surface area contributed by atoms with Crippen molar-refractivity contribution in [3.8, 4) is 0 Å². The molecule has 0 aliphatic rings. The number of aldehydes is 1. The van der Waals surface area contributed by atoms with Crippen molar-refractivity contribution >= 4 is 6.29 Å². The van der Waals surface area contributed by atoms with Gasteiger partial charge in [0.15, 0.2) is 0 Å². The van der Waals surface area contributed by atoms with E-state index < -0.39 is 5.92 Å². The molecular formula is C9H8F2O. The van der Waals surface area contributed by atoms with Gasteiger partial charge in [-0.2, -0.15) is 0 Å². The van der Waals surface area contributed by atoms with Gasteiger partial charge in [-0.05, 0) is 0 Å². The third-order valence-corrected chi connectivity index (χ3v) is 1.55. The molecule has 1 rings (SSSR count). The summed E-state index contributed by atoms with van der Waals surface area (Å²) in [4.78, 5) is 10.2. The van der Waals surface area contributed by atoms with Crippen LogP contribution < -0.4 is 0 Å². The largest absolute Gasteiger partial charge is 0.298 e. The summed E-state index contributed by atoms with van der Waals surface area (Å²) in [6.07, 6.45) is 0.623. The fourth-order valence-corrected chi connectivity index (χ4v) is 0.854. The van der Waals surface area contributed by atoms with E-state index in [0.29, 0.717) is 11.8 Å². The lowest BCUT2D eigenvalue weighted by molar-refractivity contribution is 0.0174. The second-order valence-corrected chi connectivity index (χ2v) is 2.63. The van der Waals surface area contributed by atoms with Gasteiger partial charge in [0.25, 0.3) is 5.92 Å². The number of benzene rings is 1. The molecule has 0 saturated heterocycles. The summed E-state index contributed by atoms with van der Waals surface area (Å²) < 4.78 is 25.2. The second-order valence-electron chi connectivity index (χ2n) is 2.63. The van der Waals surface area contributed by atoms with Crippen LogP contribution in [0.25, 0.3) is 0 Å². The molecule has 0 bridgehead atoms. The summed E-state index contributed by atoms with van der Waals surface area (Å²) in [5.41, 5.74) is 0.330. The topological polar surface area (TPSA) is 17.1 Å². The van der Waals surface area contributed by atoms with E-state index in [2.05, 4.69) is 0 Å². The SMILES string of the molecule is CC(F)(F)c1ccc(C=O)cc1. The van der Waals surface area contributed by atoms with Crippen molar-refractivity contribution < 1.29 is 13.6 Å². The monoisotopic (exact) mass is 170 g/mol. The number of rotatable bonds is 2. The van der Waals surface area contributed by atoms with Gasteiger partial charge in [-0.1, -0.05) is 24.3 Å². The first kappa shape index (κ1) is 8.84. The fraction of sp³-hybridized carbons (Fsp3) is 0.222. The highest BCUT2D eigenvalue weighted by molar-refractivity contribution is 5.74. The Labute approximate surface area is 69.0 Å². The smallest absolute Gasteiger partial charge is 0.270 e. The third kappa shape index (κ3) is 1.87. The Hall–Kier alpha value is -1.25. The first-order chi connectivity index (χ1) is 5.54. The number of hydrogen-bond acceptors (Lipinski definition) is 1. The fourth-order valence-electron chi connectivity index (χ4n) is 0.854. The minimum absolute atomic E-state index is 0.0758. The molecule has 0 heterocycles. The van der Waals surface area contributed by atoms with Crippen LogP contribution in [-0.4, -0.2) is 6.29 Å². The second kappa shape index (κ2) is 3.01. The highest BCUT2D eigenvalue weighted by atomic mass is 19.3. The summed E-state index contributed by atoms with van der Waals surface area (Å²) in [6.45, 7) is 0.822. The van der Waals surface area contributed by atoms with Crippen molar-refractivity contribution in [1.82, 2.24) is 0 Å². The van der Waals surface area contributed by atoms with Crippen LogP contribution in [0.3, 0.4) is 0 Å². The van der Waals surface area contributed by atoms with Crippen molar-refractivity contribution in [2.45, 2.75) is 12.8 Å². The summed E-state index contributed by atoms with van der Waals surface area (Å²) in [5, 5.41) is 0. The molecule has 0 fully saturated rings. The maximum atomic E-state index is 12.6. The van der Waals surface area contributed by atoms with E-state index in [1.165, 1.54) is 24.3 Å². The van der Waals surface area contributed by atoms with Crippen LogP contribution in [0.5, 0.6) is 0 Å². The van der Waals surface area contributed by atoms with E-state index in [0.717, 1.165) is 6.92 Å². The minimum Gasteiger partial charge on any atom is -0.298 e. The lowest BCUT2D eigenvalue weighted by Gasteiger charge is -2.09. The molecule has 12 heavy (non-hydrogen) atoms. The van der Waals surface area contributed by atoms with Crippen LogP contribution in [0.15, 0.2) is 24.3 Å². The van der Waals surface area contributed by atoms with Crippen molar-refractivity contribution in [2.24, 2.45) is 0 Å². The van der Waals surface area contributed by atoms with Crippen LogP contribution >= 0.6 is 0 Å². The zero-order valence-corrected chi connectivity index (χ0v) is 6.55. The zero-order valence-electron chi connectivity index (χ0n) is 6.55. The molecule has 0 atom stereocenters. The average Bonchev–Trinajstić information content (AvgIpc) is 2.03. The lowest BCUT2D eigenvalue weighted by atomic mass is 10.1. The number of carbonyl (C=O) groups is 1. The molecule has 0 amide bonds. The molecule has 1 nitrogen and oxygen atoms in total. The van der Waals surface area contributed by atoms with Crippen molar-refractivity contribution in [2.75, 3.05) is 0 Å². The molecule has 0 aliphatic carbocycles. The summed E-state index contributed by atoms with van der Waals surface area (Å²) in [5.74, 6) is -2.83. The maximum absolute atomic E-state index is 12.6. The van der Waals surface area contributed by atoms with Crippen molar-refractivity contribution in [1.29, 1.82) is 0 Å². The van der Waals surface area contributed by atoms with E-state index in [-0.39, 0.29) is 5.56 Å². The van der Waals surface area contributed by atoms with Crippen LogP contribution in [-0.2, 0) is 5.92 Å². The molecule has 3 heteroatoms. The van der Waals surface area contributed by atoms with Gasteiger partial charge >= 0.3 is 0 Å². The molecule has 0 saturated carbocycles. The van der Waals surface area contributed by atoms with Gasteiger partial charge in [0, 0.05) is 18.1 Å². The number of hydrogen-bond donors (Lipinski definition) is 0. The molecule has 0 aromatic heterocycles. The normalized spacial score (nSPS) is 11.2. The first-order valence-electron chi connectivity index (χ1n) is 3.47. The molecule has 0 N–H and O–H groups in total. The average molecular weight is 170 g/mol. The van der Waals surface area contributed by atoms with Gasteiger partial charge in [-0.3, -0.25) is 4.79 Å². The molecule has 0 radical (unpaired) electrons. The highest BCUT2D eigenvalue weighted by Crippen LogP contribution is 2.26. The predicted molar refractivity (Wildman–Crippen MR) is 41.4 cm³/mol. The summed E-state index contributed by atoms with van der Waals surface area (Å²) in [6, 6.07) is 5.26. The third-order valence-electron chi connectivity index (χ3n) is 1.55. The Morgan fingerprint density at radius 1 is 1.25 bits per heavy atom. The van der Waals surface area contributed by atoms with Gasteiger partial charge in [-0.25, -0.2) is 8.78 Å². The predicted octanol–water partition coefficient (Wildman–Crippen LogP) is 2.61. The number of halogens is 2. The quantitative estimate of drug-likeness (QED) is 0.623. The minimum atomic E-state index is -2.83. The van der Waals surface area contributed by atoms with E-state index in [1.54, 1.807) is 0 Å². The van der Waals surface area contributed by atoms with Gasteiger partial charge in [0.2, 0.25) is 0 Å². The Morgan fingerprint density at radius 3 is 2.08 bits per heavy atom. The molecule has 0 aliphatic heterocycles. The van der Waals surface area contributed by atoms with Crippen molar-refractivity contribution in [3.05, 3.63) is 35.4 Å². The van der Waals surface area contributed by atoms with E-state index in [9.17, 15) is 13.6 Å². The zero-order chi connectivity index (χ0) is 9.19. The maximum Gasteiger partial charge on any atom is 0.270 e. The Bertz CT molecular complexity index is 272. The standard InChI is InChI=1S/C9H8F2O/c1-9(10,11)8-4-2-7(6-12)3-5-8/h2-6H,1H3. The van der Waals surface area contributed by atoms with Gasteiger partial charge < -0.3 is 0 Å². The number of alkyl halides is 2. The molecule has 1 aromatic carbocycles. The Morgan fingerprint density at radius 2 is 1.75 bits per heavy atom. The molecule has 64 valence electrons. The van der Waals surface area contributed by atoms with E-state index in [1.807, 2.05) is 0 Å². The molecular weight excluding hydrogens is 162 g/mol.